The van der Waals surface area contributed by atoms with Crippen LogP contribution in [0.25, 0.3) is 0 Å². The van der Waals surface area contributed by atoms with Crippen molar-refractivity contribution in [2.24, 2.45) is 0 Å². The van der Waals surface area contributed by atoms with Crippen LogP contribution in [0.4, 0.5) is 10.9 Å². The molecule has 1 saturated heterocycles. The molecule has 0 bridgehead atoms. The Morgan fingerprint density at radius 1 is 1.35 bits per heavy atom. The Morgan fingerprint density at radius 3 is 2.85 bits per heavy atom. The van der Waals surface area contributed by atoms with E-state index in [-0.39, 0.29) is 5.91 Å². The summed E-state index contributed by atoms with van der Waals surface area (Å²) in [5, 5.41) is 7.64. The second-order valence-electron chi connectivity index (χ2n) is 5.35. The molecule has 1 aromatic rings. The first-order valence-corrected chi connectivity index (χ1v) is 9.01. The highest BCUT2D eigenvalue weighted by Crippen LogP contribution is 2.30. The highest BCUT2D eigenvalue weighted by molar-refractivity contribution is 8.00. The van der Waals surface area contributed by atoms with Crippen molar-refractivity contribution < 1.29 is 4.79 Å². The molecular weight excluding hydrogens is 292 g/mol. The molecule has 2 aliphatic rings. The lowest BCUT2D eigenvalue weighted by Crippen LogP contribution is -2.29. The number of carbonyl (C=O) groups is 1. The Balaban J connectivity index is 1.55. The van der Waals surface area contributed by atoms with Gasteiger partial charge in [0.2, 0.25) is 0 Å². The Labute approximate surface area is 127 Å². The van der Waals surface area contributed by atoms with Crippen molar-refractivity contribution in [2.45, 2.75) is 43.4 Å². The summed E-state index contributed by atoms with van der Waals surface area (Å²) < 4.78 is 0. The van der Waals surface area contributed by atoms with Gasteiger partial charge < -0.3 is 16.4 Å². The zero-order valence-electron chi connectivity index (χ0n) is 11.4. The smallest absolute Gasteiger partial charge is 0.265 e. The summed E-state index contributed by atoms with van der Waals surface area (Å²) in [4.78, 5) is 16.9. The first kappa shape index (κ1) is 14.0. The second kappa shape index (κ2) is 6.22. The van der Waals surface area contributed by atoms with E-state index in [4.69, 9.17) is 5.73 Å². The third kappa shape index (κ3) is 3.20. The van der Waals surface area contributed by atoms with E-state index in [0.717, 1.165) is 11.7 Å². The molecular formula is C13H20N4OS2. The number of nitrogens with zero attached hydrogens (tertiary/aromatic N) is 1. The van der Waals surface area contributed by atoms with Crippen molar-refractivity contribution in [1.82, 2.24) is 10.3 Å². The summed E-state index contributed by atoms with van der Waals surface area (Å²) in [5.74, 6) is 1.46. The molecule has 0 radical (unpaired) electrons. The highest BCUT2D eigenvalue weighted by atomic mass is 32.2. The predicted molar refractivity (Wildman–Crippen MR) is 85.6 cm³/mol. The average Bonchev–Trinajstić information content (AvgIpc) is 3.00. The van der Waals surface area contributed by atoms with Gasteiger partial charge in [-0.3, -0.25) is 4.79 Å². The number of nitrogen functional groups attached to an aromatic ring is 1. The third-order valence-electron chi connectivity index (χ3n) is 3.81. The van der Waals surface area contributed by atoms with E-state index in [1.54, 1.807) is 0 Å². The van der Waals surface area contributed by atoms with Crippen molar-refractivity contribution in [3.63, 3.8) is 0 Å². The minimum atomic E-state index is -0.0887. The summed E-state index contributed by atoms with van der Waals surface area (Å²) in [6.45, 7) is 0.728. The molecule has 1 unspecified atom stereocenters. The summed E-state index contributed by atoms with van der Waals surface area (Å²) in [5.41, 5.74) is 5.85. The topological polar surface area (TPSA) is 80.0 Å². The van der Waals surface area contributed by atoms with Gasteiger partial charge in [-0.05, 0) is 37.9 Å². The van der Waals surface area contributed by atoms with E-state index >= 15 is 0 Å². The Kier molecular flexibility index (Phi) is 4.35. The number of hydrogen-bond donors (Lipinski definition) is 3. The van der Waals surface area contributed by atoms with Crippen LogP contribution in [0.5, 0.6) is 0 Å². The van der Waals surface area contributed by atoms with Gasteiger partial charge in [-0.1, -0.05) is 11.3 Å². The van der Waals surface area contributed by atoms with Crippen LogP contribution in [0.3, 0.4) is 0 Å². The summed E-state index contributed by atoms with van der Waals surface area (Å²) in [7, 11) is 0. The van der Waals surface area contributed by atoms with E-state index in [2.05, 4.69) is 15.6 Å². The molecule has 0 aromatic carbocycles. The van der Waals surface area contributed by atoms with Gasteiger partial charge in [-0.2, -0.15) is 11.8 Å². The van der Waals surface area contributed by atoms with Crippen molar-refractivity contribution in [3.8, 4) is 0 Å². The lowest BCUT2D eigenvalue weighted by molar-refractivity contribution is 0.0958. The van der Waals surface area contributed by atoms with Crippen molar-refractivity contribution in [2.75, 3.05) is 23.3 Å². The molecule has 20 heavy (non-hydrogen) atoms. The minimum Gasteiger partial charge on any atom is -0.382 e. The summed E-state index contributed by atoms with van der Waals surface area (Å²) in [6, 6.07) is 0.506. The van der Waals surface area contributed by atoms with Crippen LogP contribution >= 0.6 is 23.1 Å². The number of hydrogen-bond acceptors (Lipinski definition) is 6. The SMILES string of the molecule is Nc1nc(NC2CCC2)sc1C(=O)NCC1CCCS1. The third-order valence-corrected chi connectivity index (χ3v) is 6.21. The lowest BCUT2D eigenvalue weighted by atomic mass is 9.93. The fourth-order valence-corrected chi connectivity index (χ4v) is 4.45. The van der Waals surface area contributed by atoms with Crippen LogP contribution in [0, 0.1) is 0 Å². The predicted octanol–water partition coefficient (Wildman–Crippen LogP) is 2.32. The molecule has 2 fully saturated rings. The molecule has 2 heterocycles. The van der Waals surface area contributed by atoms with Gasteiger partial charge in [0, 0.05) is 17.8 Å². The number of thioether (sulfide) groups is 1. The first-order valence-electron chi connectivity index (χ1n) is 7.15. The van der Waals surface area contributed by atoms with Crippen LogP contribution in [-0.2, 0) is 0 Å². The number of thiazole rings is 1. The number of nitrogens with two attached hydrogens (primary N) is 1. The van der Waals surface area contributed by atoms with Crippen LogP contribution in [0.2, 0.25) is 0 Å². The Bertz CT molecular complexity index is 481. The van der Waals surface area contributed by atoms with Crippen molar-refractivity contribution in [1.29, 1.82) is 0 Å². The van der Waals surface area contributed by atoms with Gasteiger partial charge in [0.25, 0.3) is 5.91 Å². The number of nitrogens with one attached hydrogen (secondary N) is 2. The summed E-state index contributed by atoms with van der Waals surface area (Å²) in [6.07, 6.45) is 6.08. The monoisotopic (exact) mass is 312 g/mol. The molecule has 1 aliphatic carbocycles. The second-order valence-corrected chi connectivity index (χ2v) is 7.76. The van der Waals surface area contributed by atoms with Gasteiger partial charge in [-0.15, -0.1) is 0 Å². The van der Waals surface area contributed by atoms with E-state index in [1.807, 2.05) is 11.8 Å². The largest absolute Gasteiger partial charge is 0.382 e. The van der Waals surface area contributed by atoms with Crippen molar-refractivity contribution >= 4 is 40.0 Å². The average molecular weight is 312 g/mol. The molecule has 110 valence electrons. The van der Waals surface area contributed by atoms with Crippen LogP contribution < -0.4 is 16.4 Å². The Morgan fingerprint density at radius 2 is 2.20 bits per heavy atom. The molecule has 7 heteroatoms. The number of anilines is 2. The fourth-order valence-electron chi connectivity index (χ4n) is 2.38. The van der Waals surface area contributed by atoms with E-state index in [0.29, 0.717) is 22.0 Å². The maximum Gasteiger partial charge on any atom is 0.265 e. The number of amides is 1. The van der Waals surface area contributed by atoms with E-state index in [1.165, 1.54) is 49.2 Å². The molecule has 1 saturated carbocycles. The van der Waals surface area contributed by atoms with Crippen LogP contribution in [0.1, 0.15) is 41.8 Å². The maximum atomic E-state index is 12.1. The fraction of sp³-hybridized carbons (Fsp3) is 0.692. The van der Waals surface area contributed by atoms with Gasteiger partial charge in [0.1, 0.15) is 10.7 Å². The van der Waals surface area contributed by atoms with Gasteiger partial charge >= 0.3 is 0 Å². The van der Waals surface area contributed by atoms with Gasteiger partial charge in [0.15, 0.2) is 5.13 Å². The van der Waals surface area contributed by atoms with E-state index in [9.17, 15) is 4.79 Å². The molecule has 1 aliphatic heterocycles. The first-order chi connectivity index (χ1) is 9.72. The van der Waals surface area contributed by atoms with Crippen LogP contribution in [0.15, 0.2) is 0 Å². The molecule has 0 spiro atoms. The maximum absolute atomic E-state index is 12.1. The molecule has 1 aromatic heterocycles. The molecule has 5 nitrogen and oxygen atoms in total. The van der Waals surface area contributed by atoms with Crippen LogP contribution in [-0.4, -0.2) is 34.5 Å². The standard InChI is InChI=1S/C13H20N4OS2/c14-11-10(12(18)15-7-9-5-2-6-19-9)20-13(17-11)16-8-3-1-4-8/h8-9H,1-7,14H2,(H,15,18)(H,16,17). The quantitative estimate of drug-likeness (QED) is 0.777. The number of carbonyl (C=O) groups excluding carboxylic acids is 1. The number of rotatable bonds is 5. The van der Waals surface area contributed by atoms with Gasteiger partial charge in [0.05, 0.1) is 0 Å². The van der Waals surface area contributed by atoms with Gasteiger partial charge in [-0.25, -0.2) is 4.98 Å². The molecule has 1 amide bonds. The highest BCUT2D eigenvalue weighted by Gasteiger charge is 2.22. The zero-order chi connectivity index (χ0) is 13.9. The molecule has 1 atom stereocenters. The summed E-state index contributed by atoms with van der Waals surface area (Å²) >= 11 is 3.30. The Hall–Kier alpha value is -0.950. The van der Waals surface area contributed by atoms with Crippen molar-refractivity contribution in [3.05, 3.63) is 4.88 Å². The normalized spacial score (nSPS) is 22.5. The lowest BCUT2D eigenvalue weighted by Gasteiger charge is -2.25. The molecule has 3 rings (SSSR count). The zero-order valence-corrected chi connectivity index (χ0v) is 13.0. The number of aromatic nitrogens is 1. The molecule has 4 N–H and O–H groups in total. The minimum absolute atomic E-state index is 0.0887. The van der Waals surface area contributed by atoms with E-state index < -0.39 is 0 Å².